The maximum atomic E-state index is 11.9. The highest BCUT2D eigenvalue weighted by Crippen LogP contribution is 2.27. The molecule has 1 aliphatic rings. The average molecular weight is 364 g/mol. The Morgan fingerprint density at radius 3 is 2.73 bits per heavy atom. The first-order chi connectivity index (χ1) is 12.8. The van der Waals surface area contributed by atoms with E-state index in [1.54, 1.807) is 13.3 Å². The van der Waals surface area contributed by atoms with Crippen LogP contribution in [-0.2, 0) is 16.1 Å². The third-order valence-electron chi connectivity index (χ3n) is 4.49. The average Bonchev–Trinajstić information content (AvgIpc) is 3.33. The molecule has 0 atom stereocenters. The second-order valence-electron chi connectivity index (χ2n) is 6.62. The minimum absolute atomic E-state index is 0.162. The van der Waals surface area contributed by atoms with Gasteiger partial charge in [-0.15, -0.1) is 0 Å². The highest BCUT2D eigenvalue weighted by atomic mass is 16.5. The molecular formula is C19H32N4O3. The second-order valence-corrected chi connectivity index (χ2v) is 6.62. The first-order valence-corrected chi connectivity index (χ1v) is 9.59. The minimum Gasteiger partial charge on any atom is -0.467 e. The van der Waals surface area contributed by atoms with Crippen molar-refractivity contribution in [3.63, 3.8) is 0 Å². The first-order valence-electron chi connectivity index (χ1n) is 9.59. The molecule has 2 rings (SSSR count). The Kier molecular flexibility index (Phi) is 9.64. The second kappa shape index (κ2) is 12.4. The van der Waals surface area contributed by atoms with E-state index in [9.17, 15) is 4.79 Å². The summed E-state index contributed by atoms with van der Waals surface area (Å²) in [5.74, 6) is 2.33. The van der Waals surface area contributed by atoms with Crippen molar-refractivity contribution in [3.05, 3.63) is 24.2 Å². The van der Waals surface area contributed by atoms with Gasteiger partial charge in [0.05, 0.1) is 6.26 Å². The van der Waals surface area contributed by atoms with Crippen LogP contribution in [0.15, 0.2) is 27.8 Å². The van der Waals surface area contributed by atoms with E-state index < -0.39 is 0 Å². The van der Waals surface area contributed by atoms with Crippen LogP contribution >= 0.6 is 0 Å². The van der Waals surface area contributed by atoms with Crippen molar-refractivity contribution >= 4 is 11.9 Å². The van der Waals surface area contributed by atoms with E-state index in [1.807, 2.05) is 12.1 Å². The molecule has 1 aromatic rings. The van der Waals surface area contributed by atoms with Crippen LogP contribution in [0.25, 0.3) is 0 Å². The fourth-order valence-electron chi connectivity index (χ4n) is 3.10. The maximum absolute atomic E-state index is 11.9. The van der Waals surface area contributed by atoms with Crippen molar-refractivity contribution in [2.24, 2.45) is 10.9 Å². The van der Waals surface area contributed by atoms with Crippen molar-refractivity contribution in [1.29, 1.82) is 0 Å². The quantitative estimate of drug-likeness (QED) is 0.318. The van der Waals surface area contributed by atoms with Crippen LogP contribution in [0.1, 0.15) is 44.3 Å². The molecule has 0 aromatic carbocycles. The summed E-state index contributed by atoms with van der Waals surface area (Å²) >= 11 is 0. The summed E-state index contributed by atoms with van der Waals surface area (Å²) in [5, 5.41) is 9.41. The third kappa shape index (κ3) is 8.38. The Balaban J connectivity index is 1.43. The van der Waals surface area contributed by atoms with Gasteiger partial charge < -0.3 is 25.1 Å². The summed E-state index contributed by atoms with van der Waals surface area (Å²) in [6.07, 6.45) is 8.14. The molecule has 7 nitrogen and oxygen atoms in total. The summed E-state index contributed by atoms with van der Waals surface area (Å²) in [5.41, 5.74) is 0. The lowest BCUT2D eigenvalue weighted by Gasteiger charge is -2.13. The van der Waals surface area contributed by atoms with Gasteiger partial charge in [-0.3, -0.25) is 9.79 Å². The maximum Gasteiger partial charge on any atom is 0.220 e. The molecule has 0 aliphatic heterocycles. The number of hydrogen-bond acceptors (Lipinski definition) is 4. The van der Waals surface area contributed by atoms with E-state index in [0.29, 0.717) is 38.6 Å². The Hall–Kier alpha value is -2.02. The molecular weight excluding hydrogens is 332 g/mol. The van der Waals surface area contributed by atoms with E-state index in [2.05, 4.69) is 20.9 Å². The van der Waals surface area contributed by atoms with Crippen molar-refractivity contribution < 1.29 is 13.9 Å². The highest BCUT2D eigenvalue weighted by molar-refractivity contribution is 5.79. The summed E-state index contributed by atoms with van der Waals surface area (Å²) < 4.78 is 10.7. The predicted octanol–water partition coefficient (Wildman–Crippen LogP) is 2.05. The molecule has 0 radical (unpaired) electrons. The summed E-state index contributed by atoms with van der Waals surface area (Å²) in [7, 11) is 1.74. The number of amides is 1. The highest BCUT2D eigenvalue weighted by Gasteiger charge is 2.17. The first kappa shape index (κ1) is 20.3. The Labute approximate surface area is 156 Å². The largest absolute Gasteiger partial charge is 0.467 e. The van der Waals surface area contributed by atoms with E-state index in [0.717, 1.165) is 24.7 Å². The van der Waals surface area contributed by atoms with E-state index in [1.165, 1.54) is 25.7 Å². The zero-order valence-corrected chi connectivity index (χ0v) is 15.8. The number of carbonyl (C=O) groups is 1. The fraction of sp³-hybridized carbons (Fsp3) is 0.684. The normalized spacial score (nSPS) is 15.2. The van der Waals surface area contributed by atoms with Crippen LogP contribution < -0.4 is 16.0 Å². The third-order valence-corrected chi connectivity index (χ3v) is 4.49. The van der Waals surface area contributed by atoms with Gasteiger partial charge in [0.2, 0.25) is 5.91 Å². The van der Waals surface area contributed by atoms with Gasteiger partial charge in [-0.25, -0.2) is 0 Å². The van der Waals surface area contributed by atoms with Gasteiger partial charge in [0.1, 0.15) is 12.4 Å². The molecule has 1 fully saturated rings. The van der Waals surface area contributed by atoms with Gasteiger partial charge in [-0.05, 0) is 37.3 Å². The van der Waals surface area contributed by atoms with Crippen LogP contribution in [0.2, 0.25) is 0 Å². The molecule has 0 unspecified atom stereocenters. The van der Waals surface area contributed by atoms with E-state index in [-0.39, 0.29) is 5.91 Å². The number of guanidine groups is 1. The number of furan rings is 1. The lowest BCUT2D eigenvalue weighted by molar-refractivity contribution is -0.121. The number of nitrogens with zero attached hydrogens (tertiary/aromatic N) is 1. The van der Waals surface area contributed by atoms with Gasteiger partial charge >= 0.3 is 0 Å². The SMILES string of the molecule is CN=C(NCCCOCc1ccco1)NCCNC(=O)CC1CCCC1. The molecule has 3 N–H and O–H groups in total. The van der Waals surface area contributed by atoms with Crippen LogP contribution in [0, 0.1) is 5.92 Å². The fourth-order valence-corrected chi connectivity index (χ4v) is 3.10. The molecule has 0 spiro atoms. The minimum atomic E-state index is 0.162. The van der Waals surface area contributed by atoms with Crippen LogP contribution in [0.4, 0.5) is 0 Å². The number of nitrogens with one attached hydrogen (secondary N) is 3. The Bertz CT molecular complexity index is 525. The van der Waals surface area contributed by atoms with Gasteiger partial charge in [0, 0.05) is 39.7 Å². The van der Waals surface area contributed by atoms with Crippen molar-refractivity contribution in [3.8, 4) is 0 Å². The van der Waals surface area contributed by atoms with Crippen LogP contribution in [0.3, 0.4) is 0 Å². The Morgan fingerprint density at radius 1 is 1.23 bits per heavy atom. The molecule has 1 heterocycles. The van der Waals surface area contributed by atoms with Gasteiger partial charge in [0.25, 0.3) is 0 Å². The number of hydrogen-bond donors (Lipinski definition) is 3. The smallest absolute Gasteiger partial charge is 0.220 e. The number of carbonyl (C=O) groups excluding carboxylic acids is 1. The van der Waals surface area contributed by atoms with Crippen LogP contribution in [0.5, 0.6) is 0 Å². The predicted molar refractivity (Wildman–Crippen MR) is 102 cm³/mol. The lowest BCUT2D eigenvalue weighted by atomic mass is 10.0. The summed E-state index contributed by atoms with van der Waals surface area (Å²) in [4.78, 5) is 16.0. The lowest BCUT2D eigenvalue weighted by Crippen LogP contribution is -2.42. The molecule has 1 aromatic heterocycles. The van der Waals surface area contributed by atoms with Gasteiger partial charge in [-0.1, -0.05) is 12.8 Å². The zero-order valence-electron chi connectivity index (χ0n) is 15.8. The van der Waals surface area contributed by atoms with Crippen LogP contribution in [-0.4, -0.2) is 45.2 Å². The standard InChI is InChI=1S/C19H32N4O3/c1-20-19(22-9-5-12-25-15-17-8-4-13-26-17)23-11-10-21-18(24)14-16-6-2-3-7-16/h4,8,13,16H,2-3,5-7,9-12,14-15H2,1H3,(H,21,24)(H2,20,22,23). The molecule has 1 aliphatic carbocycles. The van der Waals surface area contributed by atoms with Gasteiger partial charge in [-0.2, -0.15) is 0 Å². The Morgan fingerprint density at radius 2 is 2.00 bits per heavy atom. The van der Waals surface area contributed by atoms with Crippen molar-refractivity contribution in [2.45, 2.75) is 45.1 Å². The van der Waals surface area contributed by atoms with E-state index >= 15 is 0 Å². The molecule has 0 saturated heterocycles. The number of ether oxygens (including phenoxy) is 1. The number of rotatable bonds is 11. The molecule has 1 amide bonds. The zero-order chi connectivity index (χ0) is 18.5. The topological polar surface area (TPSA) is 87.9 Å². The molecule has 1 saturated carbocycles. The summed E-state index contributed by atoms with van der Waals surface area (Å²) in [6, 6.07) is 3.75. The number of aliphatic imine (C=N–C) groups is 1. The molecule has 26 heavy (non-hydrogen) atoms. The van der Waals surface area contributed by atoms with Gasteiger partial charge in [0.15, 0.2) is 5.96 Å². The van der Waals surface area contributed by atoms with Crippen molar-refractivity contribution in [1.82, 2.24) is 16.0 Å². The molecule has 7 heteroatoms. The molecule has 0 bridgehead atoms. The van der Waals surface area contributed by atoms with E-state index in [4.69, 9.17) is 9.15 Å². The summed E-state index contributed by atoms with van der Waals surface area (Å²) in [6.45, 7) is 3.19. The van der Waals surface area contributed by atoms with Crippen molar-refractivity contribution in [2.75, 3.05) is 33.3 Å². The monoisotopic (exact) mass is 364 g/mol. The molecule has 146 valence electrons.